The van der Waals surface area contributed by atoms with Crippen molar-refractivity contribution in [1.29, 1.82) is 0 Å². The number of carbonyl (C=O) groups is 2. The van der Waals surface area contributed by atoms with Crippen LogP contribution in [-0.2, 0) is 10.0 Å². The maximum absolute atomic E-state index is 12.6. The van der Waals surface area contributed by atoms with Crippen molar-refractivity contribution in [2.24, 2.45) is 0 Å². The molecule has 0 radical (unpaired) electrons. The van der Waals surface area contributed by atoms with Crippen LogP contribution in [0.5, 0.6) is 0 Å². The predicted molar refractivity (Wildman–Crippen MR) is 111 cm³/mol. The van der Waals surface area contributed by atoms with Gasteiger partial charge in [-0.25, -0.2) is 8.42 Å². The summed E-state index contributed by atoms with van der Waals surface area (Å²) in [5, 5.41) is 5.53. The molecule has 154 valence electrons. The number of nitrogens with zero attached hydrogens (tertiary/aromatic N) is 1. The summed E-state index contributed by atoms with van der Waals surface area (Å²) in [4.78, 5) is 25.1. The van der Waals surface area contributed by atoms with E-state index in [9.17, 15) is 18.0 Å². The summed E-state index contributed by atoms with van der Waals surface area (Å²) in [5.41, 5.74) is 1.09. The topological polar surface area (TPSA) is 95.6 Å². The first-order valence-corrected chi connectivity index (χ1v) is 11.2. The monoisotopic (exact) mass is 415 g/mol. The highest BCUT2D eigenvalue weighted by atomic mass is 32.2. The zero-order valence-corrected chi connectivity index (χ0v) is 17.2. The molecule has 2 amide bonds. The molecule has 1 fully saturated rings. The van der Waals surface area contributed by atoms with Crippen LogP contribution in [-0.4, -0.2) is 44.2 Å². The number of benzene rings is 2. The molecule has 29 heavy (non-hydrogen) atoms. The lowest BCUT2D eigenvalue weighted by atomic mass is 10.1. The second kappa shape index (κ2) is 9.19. The van der Waals surface area contributed by atoms with Crippen LogP contribution in [0.2, 0.25) is 0 Å². The summed E-state index contributed by atoms with van der Waals surface area (Å²) in [6, 6.07) is 12.6. The Kier molecular flexibility index (Phi) is 6.66. The summed E-state index contributed by atoms with van der Waals surface area (Å²) < 4.78 is 26.7. The normalized spacial score (nSPS) is 14.5. The molecular formula is C21H25N3O4S. The van der Waals surface area contributed by atoms with Crippen LogP contribution in [0.1, 0.15) is 46.9 Å². The molecule has 2 aromatic rings. The van der Waals surface area contributed by atoms with Gasteiger partial charge < -0.3 is 10.6 Å². The lowest BCUT2D eigenvalue weighted by Crippen LogP contribution is -2.28. The van der Waals surface area contributed by atoms with Crippen LogP contribution in [0, 0.1) is 0 Å². The molecule has 3 rings (SSSR count). The standard InChI is InChI=1S/C21H25N3O4S/c1-2-13-22-21(26)18-7-3-4-8-19(18)23-20(25)16-9-11-17(12-10-16)29(27,28)24-14-5-6-15-24/h3-4,7-12H,2,5-6,13-15H2,1H3,(H,22,26)(H,23,25). The summed E-state index contributed by atoms with van der Waals surface area (Å²) in [5.74, 6) is -0.666. The molecule has 0 spiro atoms. The minimum atomic E-state index is -3.52. The quantitative estimate of drug-likeness (QED) is 0.727. The third-order valence-electron chi connectivity index (χ3n) is 4.77. The molecule has 0 aliphatic carbocycles. The zero-order valence-electron chi connectivity index (χ0n) is 16.3. The molecule has 2 aromatic carbocycles. The van der Waals surface area contributed by atoms with Gasteiger partial charge in [-0.3, -0.25) is 9.59 Å². The fourth-order valence-corrected chi connectivity index (χ4v) is 4.69. The first-order valence-electron chi connectivity index (χ1n) is 9.72. The van der Waals surface area contributed by atoms with Crippen molar-refractivity contribution in [2.75, 3.05) is 25.0 Å². The molecular weight excluding hydrogens is 390 g/mol. The summed E-state index contributed by atoms with van der Waals surface area (Å²) in [7, 11) is -3.52. The van der Waals surface area contributed by atoms with Gasteiger partial charge >= 0.3 is 0 Å². The van der Waals surface area contributed by atoms with Gasteiger partial charge in [-0.05, 0) is 55.7 Å². The molecule has 1 aliphatic rings. The van der Waals surface area contributed by atoms with Gasteiger partial charge in [0.05, 0.1) is 16.1 Å². The maximum Gasteiger partial charge on any atom is 0.255 e. The van der Waals surface area contributed by atoms with Gasteiger partial charge in [0.1, 0.15) is 0 Å². The molecule has 0 atom stereocenters. The van der Waals surface area contributed by atoms with E-state index in [1.54, 1.807) is 24.3 Å². The Morgan fingerprint density at radius 2 is 1.62 bits per heavy atom. The smallest absolute Gasteiger partial charge is 0.255 e. The Hall–Kier alpha value is -2.71. The SMILES string of the molecule is CCCNC(=O)c1ccccc1NC(=O)c1ccc(S(=O)(=O)N2CCCC2)cc1. The van der Waals surface area contributed by atoms with Gasteiger partial charge in [-0.2, -0.15) is 4.31 Å². The number of carbonyl (C=O) groups excluding carboxylic acids is 2. The number of anilines is 1. The fraction of sp³-hybridized carbons (Fsp3) is 0.333. The minimum absolute atomic E-state index is 0.176. The molecule has 1 saturated heterocycles. The molecule has 0 saturated carbocycles. The summed E-state index contributed by atoms with van der Waals surface area (Å²) in [6.45, 7) is 3.57. The lowest BCUT2D eigenvalue weighted by Gasteiger charge is -2.15. The van der Waals surface area contributed by atoms with Crippen LogP contribution < -0.4 is 10.6 Å². The van der Waals surface area contributed by atoms with Gasteiger partial charge in [0, 0.05) is 25.2 Å². The van der Waals surface area contributed by atoms with Crippen molar-refractivity contribution in [2.45, 2.75) is 31.1 Å². The van der Waals surface area contributed by atoms with E-state index in [4.69, 9.17) is 0 Å². The molecule has 8 heteroatoms. The van der Waals surface area contributed by atoms with E-state index in [0.717, 1.165) is 19.3 Å². The van der Waals surface area contributed by atoms with Crippen molar-refractivity contribution >= 4 is 27.5 Å². The lowest BCUT2D eigenvalue weighted by molar-refractivity contribution is 0.0954. The van der Waals surface area contributed by atoms with E-state index in [0.29, 0.717) is 36.4 Å². The van der Waals surface area contributed by atoms with Crippen LogP contribution >= 0.6 is 0 Å². The van der Waals surface area contributed by atoms with E-state index < -0.39 is 15.9 Å². The van der Waals surface area contributed by atoms with Crippen molar-refractivity contribution in [3.63, 3.8) is 0 Å². The number of hydrogen-bond donors (Lipinski definition) is 2. The van der Waals surface area contributed by atoms with Crippen LogP contribution in [0.15, 0.2) is 53.4 Å². The maximum atomic E-state index is 12.6. The number of rotatable bonds is 7. The Balaban J connectivity index is 1.74. The second-order valence-corrected chi connectivity index (χ2v) is 8.83. The van der Waals surface area contributed by atoms with Crippen molar-refractivity contribution in [3.8, 4) is 0 Å². The molecule has 2 N–H and O–H groups in total. The van der Waals surface area contributed by atoms with Crippen molar-refractivity contribution in [1.82, 2.24) is 9.62 Å². The summed E-state index contributed by atoms with van der Waals surface area (Å²) >= 11 is 0. The van der Waals surface area contributed by atoms with Gasteiger partial charge in [0.15, 0.2) is 0 Å². The molecule has 0 bridgehead atoms. The van der Waals surface area contributed by atoms with Gasteiger partial charge in [0.25, 0.3) is 11.8 Å². The van der Waals surface area contributed by atoms with Gasteiger partial charge in [0.2, 0.25) is 10.0 Å². The van der Waals surface area contributed by atoms with Gasteiger partial charge in [-0.15, -0.1) is 0 Å². The Labute approximate surface area is 171 Å². The summed E-state index contributed by atoms with van der Waals surface area (Å²) in [6.07, 6.45) is 2.54. The number of hydrogen-bond acceptors (Lipinski definition) is 4. The first-order chi connectivity index (χ1) is 13.9. The number of para-hydroxylation sites is 1. The van der Waals surface area contributed by atoms with Crippen molar-refractivity contribution < 1.29 is 18.0 Å². The Bertz CT molecular complexity index is 981. The largest absolute Gasteiger partial charge is 0.352 e. The van der Waals surface area contributed by atoms with Crippen LogP contribution in [0.3, 0.4) is 0 Å². The van der Waals surface area contributed by atoms with Crippen LogP contribution in [0.25, 0.3) is 0 Å². The van der Waals surface area contributed by atoms with E-state index in [1.807, 2.05) is 6.92 Å². The van der Waals surface area contributed by atoms with E-state index in [1.165, 1.54) is 28.6 Å². The molecule has 0 aromatic heterocycles. The minimum Gasteiger partial charge on any atom is -0.352 e. The Morgan fingerprint density at radius 1 is 0.966 bits per heavy atom. The average Bonchev–Trinajstić information content (AvgIpc) is 3.28. The third-order valence-corrected chi connectivity index (χ3v) is 6.69. The molecule has 7 nitrogen and oxygen atoms in total. The van der Waals surface area contributed by atoms with Crippen molar-refractivity contribution in [3.05, 3.63) is 59.7 Å². The van der Waals surface area contributed by atoms with Crippen LogP contribution in [0.4, 0.5) is 5.69 Å². The second-order valence-electron chi connectivity index (χ2n) is 6.89. The highest BCUT2D eigenvalue weighted by Gasteiger charge is 2.27. The zero-order chi connectivity index (χ0) is 20.9. The molecule has 1 heterocycles. The fourth-order valence-electron chi connectivity index (χ4n) is 3.17. The highest BCUT2D eigenvalue weighted by molar-refractivity contribution is 7.89. The van der Waals surface area contributed by atoms with E-state index >= 15 is 0 Å². The molecule has 1 aliphatic heterocycles. The van der Waals surface area contributed by atoms with Gasteiger partial charge in [-0.1, -0.05) is 19.1 Å². The average molecular weight is 416 g/mol. The highest BCUT2D eigenvalue weighted by Crippen LogP contribution is 2.22. The number of amides is 2. The third kappa shape index (κ3) is 4.83. The first kappa shape index (κ1) is 21.0. The predicted octanol–water partition coefficient (Wildman–Crippen LogP) is 2.86. The molecule has 0 unspecified atom stereocenters. The Morgan fingerprint density at radius 3 is 2.28 bits per heavy atom. The number of sulfonamides is 1. The van der Waals surface area contributed by atoms with E-state index in [-0.39, 0.29) is 10.8 Å². The van der Waals surface area contributed by atoms with E-state index in [2.05, 4.69) is 10.6 Å². The number of nitrogens with one attached hydrogen (secondary N) is 2.